The SMILES string of the molecule is CCC(C)C(NC(=O)C1CCCN1C(=O)C(CC(C)C)NC(=O)C(N)Cc1ccc(O)cc1)C(=O)O. The second-order valence-electron chi connectivity index (χ2n) is 10.1. The molecule has 5 unspecified atom stereocenters. The van der Waals surface area contributed by atoms with E-state index in [1.165, 1.54) is 17.0 Å². The fourth-order valence-electron chi connectivity index (χ4n) is 4.39. The number of benzene rings is 1. The van der Waals surface area contributed by atoms with Gasteiger partial charge in [0.1, 0.15) is 23.9 Å². The van der Waals surface area contributed by atoms with Crippen LogP contribution in [0.5, 0.6) is 5.75 Å². The highest BCUT2D eigenvalue weighted by molar-refractivity contribution is 5.94. The Hall–Kier alpha value is -3.14. The van der Waals surface area contributed by atoms with Crippen LogP contribution in [-0.2, 0) is 25.6 Å². The average Bonchev–Trinajstić information content (AvgIpc) is 3.32. The first-order valence-corrected chi connectivity index (χ1v) is 12.6. The molecule has 0 aliphatic carbocycles. The van der Waals surface area contributed by atoms with Crippen LogP contribution in [0.3, 0.4) is 0 Å². The van der Waals surface area contributed by atoms with Crippen LogP contribution in [0.15, 0.2) is 24.3 Å². The number of carbonyl (C=O) groups is 4. The van der Waals surface area contributed by atoms with E-state index in [4.69, 9.17) is 5.73 Å². The lowest BCUT2D eigenvalue weighted by molar-refractivity contribution is -0.146. The number of hydrogen-bond donors (Lipinski definition) is 5. The third-order valence-corrected chi connectivity index (χ3v) is 6.67. The number of rotatable bonds is 12. The van der Waals surface area contributed by atoms with E-state index < -0.39 is 42.0 Å². The van der Waals surface area contributed by atoms with E-state index in [1.54, 1.807) is 19.1 Å². The molecule has 2 rings (SSSR count). The number of carboxylic acids is 1. The molecule has 0 bridgehead atoms. The molecule has 0 radical (unpaired) electrons. The van der Waals surface area contributed by atoms with E-state index in [0.29, 0.717) is 32.2 Å². The van der Waals surface area contributed by atoms with Crippen molar-refractivity contribution in [1.29, 1.82) is 0 Å². The minimum Gasteiger partial charge on any atom is -0.508 e. The Balaban J connectivity index is 2.11. The van der Waals surface area contributed by atoms with Gasteiger partial charge in [-0.3, -0.25) is 14.4 Å². The van der Waals surface area contributed by atoms with Crippen LogP contribution in [0, 0.1) is 11.8 Å². The summed E-state index contributed by atoms with van der Waals surface area (Å²) in [5, 5.41) is 24.3. The van der Waals surface area contributed by atoms with E-state index in [0.717, 1.165) is 5.56 Å². The summed E-state index contributed by atoms with van der Waals surface area (Å²) in [7, 11) is 0. The molecular formula is C26H40N4O6. The molecule has 200 valence electrons. The maximum atomic E-state index is 13.5. The number of nitrogens with two attached hydrogens (primary N) is 1. The molecule has 3 amide bonds. The number of phenolic OH excluding ortho intramolecular Hbond substituents is 1. The third kappa shape index (κ3) is 7.94. The molecule has 5 atom stereocenters. The Kier molecular flexibility index (Phi) is 10.7. The summed E-state index contributed by atoms with van der Waals surface area (Å²) in [4.78, 5) is 52.5. The number of phenols is 1. The predicted molar refractivity (Wildman–Crippen MR) is 135 cm³/mol. The van der Waals surface area contributed by atoms with Crippen molar-refractivity contribution in [3.63, 3.8) is 0 Å². The summed E-state index contributed by atoms with van der Waals surface area (Å²) < 4.78 is 0. The topological polar surface area (TPSA) is 162 Å². The van der Waals surface area contributed by atoms with Crippen molar-refractivity contribution in [3.8, 4) is 5.75 Å². The van der Waals surface area contributed by atoms with Gasteiger partial charge in [0.15, 0.2) is 0 Å². The number of aliphatic carboxylic acids is 1. The number of carboxylic acid groups (broad SMARTS) is 1. The van der Waals surface area contributed by atoms with Gasteiger partial charge in [-0.1, -0.05) is 46.2 Å². The first kappa shape index (κ1) is 29.1. The number of hydrogen-bond acceptors (Lipinski definition) is 6. The normalized spacial score (nSPS) is 18.8. The van der Waals surface area contributed by atoms with Crippen molar-refractivity contribution in [2.75, 3.05) is 6.54 Å². The number of amides is 3. The molecule has 1 aromatic rings. The van der Waals surface area contributed by atoms with Gasteiger partial charge in [0.2, 0.25) is 17.7 Å². The minimum atomic E-state index is -1.11. The number of nitrogens with zero attached hydrogens (tertiary/aromatic N) is 1. The smallest absolute Gasteiger partial charge is 0.326 e. The molecule has 1 heterocycles. The molecule has 0 saturated carbocycles. The second-order valence-corrected chi connectivity index (χ2v) is 10.1. The van der Waals surface area contributed by atoms with E-state index in [1.807, 2.05) is 20.8 Å². The largest absolute Gasteiger partial charge is 0.508 e. The minimum absolute atomic E-state index is 0.0873. The Labute approximate surface area is 212 Å². The van der Waals surface area contributed by atoms with Gasteiger partial charge in [0, 0.05) is 6.54 Å². The van der Waals surface area contributed by atoms with Gasteiger partial charge in [0.25, 0.3) is 0 Å². The highest BCUT2D eigenvalue weighted by atomic mass is 16.4. The molecular weight excluding hydrogens is 464 g/mol. The van der Waals surface area contributed by atoms with Crippen molar-refractivity contribution in [1.82, 2.24) is 15.5 Å². The number of nitrogens with one attached hydrogen (secondary N) is 2. The molecule has 6 N–H and O–H groups in total. The van der Waals surface area contributed by atoms with Crippen molar-refractivity contribution >= 4 is 23.7 Å². The van der Waals surface area contributed by atoms with Crippen LogP contribution in [0.4, 0.5) is 0 Å². The Morgan fingerprint density at radius 2 is 1.75 bits per heavy atom. The lowest BCUT2D eigenvalue weighted by Crippen LogP contribution is -2.57. The molecule has 1 aliphatic rings. The molecule has 1 fully saturated rings. The molecule has 1 saturated heterocycles. The van der Waals surface area contributed by atoms with Gasteiger partial charge in [-0.15, -0.1) is 0 Å². The van der Waals surface area contributed by atoms with Crippen molar-refractivity contribution in [3.05, 3.63) is 29.8 Å². The molecule has 0 spiro atoms. The summed E-state index contributed by atoms with van der Waals surface area (Å²) in [6, 6.07) is 2.79. The van der Waals surface area contributed by atoms with Gasteiger partial charge >= 0.3 is 5.97 Å². The van der Waals surface area contributed by atoms with E-state index in [2.05, 4.69) is 10.6 Å². The van der Waals surface area contributed by atoms with E-state index in [9.17, 15) is 29.4 Å². The Bertz CT molecular complexity index is 920. The van der Waals surface area contributed by atoms with Crippen LogP contribution in [0.1, 0.15) is 58.9 Å². The van der Waals surface area contributed by atoms with E-state index >= 15 is 0 Å². The van der Waals surface area contributed by atoms with Gasteiger partial charge in [0.05, 0.1) is 6.04 Å². The number of aromatic hydroxyl groups is 1. The summed E-state index contributed by atoms with van der Waals surface area (Å²) in [5.41, 5.74) is 6.87. The predicted octanol–water partition coefficient (Wildman–Crippen LogP) is 1.40. The number of carbonyl (C=O) groups excluding carboxylic acids is 3. The second kappa shape index (κ2) is 13.2. The molecule has 36 heavy (non-hydrogen) atoms. The summed E-state index contributed by atoms with van der Waals surface area (Å²) in [5.74, 6) is -2.52. The zero-order chi connectivity index (χ0) is 27.0. The maximum absolute atomic E-state index is 13.5. The first-order chi connectivity index (χ1) is 16.9. The number of likely N-dealkylation sites (tertiary alicyclic amines) is 1. The molecule has 1 aliphatic heterocycles. The fraction of sp³-hybridized carbons (Fsp3) is 0.615. The highest BCUT2D eigenvalue weighted by Gasteiger charge is 2.39. The van der Waals surface area contributed by atoms with Gasteiger partial charge < -0.3 is 31.5 Å². The summed E-state index contributed by atoms with van der Waals surface area (Å²) in [6.07, 6.45) is 2.21. The lowest BCUT2D eigenvalue weighted by atomic mass is 9.98. The first-order valence-electron chi connectivity index (χ1n) is 12.6. The van der Waals surface area contributed by atoms with Crippen LogP contribution in [0.25, 0.3) is 0 Å². The average molecular weight is 505 g/mol. The summed E-state index contributed by atoms with van der Waals surface area (Å²) >= 11 is 0. The summed E-state index contributed by atoms with van der Waals surface area (Å²) in [6.45, 7) is 7.82. The van der Waals surface area contributed by atoms with Crippen molar-refractivity contribution in [2.24, 2.45) is 17.6 Å². The molecule has 0 aromatic heterocycles. The Morgan fingerprint density at radius 1 is 1.11 bits per heavy atom. The maximum Gasteiger partial charge on any atom is 0.326 e. The highest BCUT2D eigenvalue weighted by Crippen LogP contribution is 2.21. The van der Waals surface area contributed by atoms with Crippen LogP contribution in [-0.4, -0.2) is 69.5 Å². The zero-order valence-corrected chi connectivity index (χ0v) is 21.6. The van der Waals surface area contributed by atoms with Crippen LogP contribution < -0.4 is 16.4 Å². The van der Waals surface area contributed by atoms with Crippen molar-refractivity contribution < 1.29 is 29.4 Å². The van der Waals surface area contributed by atoms with Crippen LogP contribution in [0.2, 0.25) is 0 Å². The Morgan fingerprint density at radius 3 is 2.31 bits per heavy atom. The van der Waals surface area contributed by atoms with Crippen LogP contribution >= 0.6 is 0 Å². The fourth-order valence-corrected chi connectivity index (χ4v) is 4.39. The van der Waals surface area contributed by atoms with Gasteiger partial charge in [-0.2, -0.15) is 0 Å². The van der Waals surface area contributed by atoms with E-state index in [-0.39, 0.29) is 29.9 Å². The molecule has 10 nitrogen and oxygen atoms in total. The molecule has 1 aromatic carbocycles. The third-order valence-electron chi connectivity index (χ3n) is 6.67. The molecule has 10 heteroatoms. The monoisotopic (exact) mass is 504 g/mol. The van der Waals surface area contributed by atoms with Gasteiger partial charge in [-0.05, 0) is 55.2 Å². The lowest BCUT2D eigenvalue weighted by Gasteiger charge is -2.31. The van der Waals surface area contributed by atoms with Gasteiger partial charge in [-0.25, -0.2) is 4.79 Å². The quantitative estimate of drug-likeness (QED) is 0.287. The standard InChI is InChI=1S/C26H40N4O6/c1-5-16(4)22(26(35)36)29-24(33)21-7-6-12-30(21)25(34)20(13-15(2)3)28-23(32)19(27)14-17-8-10-18(31)11-9-17/h8-11,15-16,19-22,31H,5-7,12-14,27H2,1-4H3,(H,28,32)(H,29,33)(H,35,36). The van der Waals surface area contributed by atoms with Crippen molar-refractivity contribution in [2.45, 2.75) is 84.0 Å². The zero-order valence-electron chi connectivity index (χ0n) is 21.6.